The van der Waals surface area contributed by atoms with Crippen molar-refractivity contribution in [3.05, 3.63) is 35.4 Å². The maximum absolute atomic E-state index is 12.0. The summed E-state index contributed by atoms with van der Waals surface area (Å²) >= 11 is 0. The Morgan fingerprint density at radius 2 is 2.00 bits per heavy atom. The van der Waals surface area contributed by atoms with E-state index in [1.54, 1.807) is 18.2 Å². The number of fused-ring (bicyclic) bond motifs is 1. The van der Waals surface area contributed by atoms with Crippen LogP contribution >= 0.6 is 0 Å². The van der Waals surface area contributed by atoms with Crippen LogP contribution in [0.25, 0.3) is 0 Å². The molecule has 0 radical (unpaired) electrons. The summed E-state index contributed by atoms with van der Waals surface area (Å²) in [6.45, 7) is 0. The molecule has 6 heteroatoms. The fraction of sp³-hybridized carbons (Fsp3) is 0.100. The molecule has 1 aromatic carbocycles. The first-order chi connectivity index (χ1) is 7.57. The van der Waals surface area contributed by atoms with Crippen molar-refractivity contribution < 1.29 is 13.2 Å². The number of para-hydroxylation sites is 1. The Morgan fingerprint density at radius 3 is 2.69 bits per heavy atom. The first-order valence-electron chi connectivity index (χ1n) is 4.60. The fourth-order valence-electron chi connectivity index (χ4n) is 1.50. The third kappa shape index (κ3) is 1.47. The molecule has 0 fully saturated rings. The Morgan fingerprint density at radius 1 is 1.31 bits per heavy atom. The SMILES string of the molecule is CNC=C1C(=O)Nc2ccccc2S1(=O)=O. The molecule has 0 spiro atoms. The molecule has 2 rings (SSSR count). The second-order valence-corrected chi connectivity index (χ2v) is 5.14. The molecule has 2 N–H and O–H groups in total. The molecule has 5 nitrogen and oxygen atoms in total. The molecule has 0 saturated heterocycles. The molecular formula is C10H10N2O3S. The minimum absolute atomic E-state index is 0.121. The number of hydrogen-bond donors (Lipinski definition) is 2. The van der Waals surface area contributed by atoms with Gasteiger partial charge in [-0.15, -0.1) is 0 Å². The molecule has 84 valence electrons. The summed E-state index contributed by atoms with van der Waals surface area (Å²) in [6.07, 6.45) is 1.18. The Labute approximate surface area is 93.1 Å². The van der Waals surface area contributed by atoms with Crippen LogP contribution < -0.4 is 10.6 Å². The van der Waals surface area contributed by atoms with E-state index in [0.717, 1.165) is 0 Å². The van der Waals surface area contributed by atoms with Gasteiger partial charge in [-0.1, -0.05) is 12.1 Å². The Balaban J connectivity index is 2.70. The van der Waals surface area contributed by atoms with Gasteiger partial charge in [0.05, 0.1) is 10.6 Å². The second-order valence-electron chi connectivity index (χ2n) is 3.25. The van der Waals surface area contributed by atoms with Crippen molar-refractivity contribution in [1.29, 1.82) is 0 Å². The van der Waals surface area contributed by atoms with Gasteiger partial charge in [0.15, 0.2) is 4.91 Å². The molecule has 1 aliphatic rings. The molecule has 0 atom stereocenters. The van der Waals surface area contributed by atoms with E-state index in [2.05, 4.69) is 10.6 Å². The number of amides is 1. The number of rotatable bonds is 1. The van der Waals surface area contributed by atoms with Gasteiger partial charge in [-0.2, -0.15) is 0 Å². The monoisotopic (exact) mass is 238 g/mol. The summed E-state index contributed by atoms with van der Waals surface area (Å²) in [4.78, 5) is 11.4. The van der Waals surface area contributed by atoms with E-state index in [1.165, 1.54) is 19.3 Å². The van der Waals surface area contributed by atoms with Gasteiger partial charge in [-0.25, -0.2) is 8.42 Å². The zero-order valence-corrected chi connectivity index (χ0v) is 9.34. The first-order valence-corrected chi connectivity index (χ1v) is 6.08. The number of anilines is 1. The lowest BCUT2D eigenvalue weighted by Crippen LogP contribution is -2.28. The Bertz CT molecular complexity index is 575. The standard InChI is InChI=1S/C10H10N2O3S/c1-11-6-9-10(13)12-7-4-2-3-5-8(7)16(9,14)15/h2-6,11H,1H3,(H,12,13). The van der Waals surface area contributed by atoms with Gasteiger partial charge >= 0.3 is 0 Å². The van der Waals surface area contributed by atoms with E-state index < -0.39 is 15.7 Å². The van der Waals surface area contributed by atoms with E-state index in [1.807, 2.05) is 0 Å². The lowest BCUT2D eigenvalue weighted by molar-refractivity contribution is -0.112. The number of carbonyl (C=O) groups excluding carboxylic acids is 1. The molecule has 0 saturated carbocycles. The topological polar surface area (TPSA) is 75.3 Å². The van der Waals surface area contributed by atoms with Gasteiger partial charge in [-0.3, -0.25) is 4.79 Å². The van der Waals surface area contributed by atoms with Crippen LogP contribution in [0.3, 0.4) is 0 Å². The Hall–Kier alpha value is -1.82. The van der Waals surface area contributed by atoms with Gasteiger partial charge in [0.25, 0.3) is 5.91 Å². The van der Waals surface area contributed by atoms with Gasteiger partial charge in [0.2, 0.25) is 9.84 Å². The van der Waals surface area contributed by atoms with Crippen LogP contribution in [0.2, 0.25) is 0 Å². The van der Waals surface area contributed by atoms with Gasteiger partial charge < -0.3 is 10.6 Å². The fourth-order valence-corrected chi connectivity index (χ4v) is 2.97. The highest BCUT2D eigenvalue weighted by molar-refractivity contribution is 7.96. The molecule has 0 unspecified atom stereocenters. The quantitative estimate of drug-likeness (QED) is 0.697. The van der Waals surface area contributed by atoms with Crippen LogP contribution in [0.4, 0.5) is 5.69 Å². The predicted molar refractivity (Wildman–Crippen MR) is 59.4 cm³/mol. The van der Waals surface area contributed by atoms with Crippen molar-refractivity contribution in [3.8, 4) is 0 Å². The summed E-state index contributed by atoms with van der Waals surface area (Å²) in [5.41, 5.74) is 0.320. The molecule has 0 bridgehead atoms. The summed E-state index contributed by atoms with van der Waals surface area (Å²) in [7, 11) is -2.17. The highest BCUT2D eigenvalue weighted by Gasteiger charge is 2.34. The molecule has 1 aliphatic heterocycles. The Kier molecular flexibility index (Phi) is 2.43. The van der Waals surface area contributed by atoms with Gasteiger partial charge in [0, 0.05) is 13.2 Å². The minimum Gasteiger partial charge on any atom is -0.393 e. The summed E-state index contributed by atoms with van der Waals surface area (Å²) < 4.78 is 24.1. The van der Waals surface area contributed by atoms with Crippen molar-refractivity contribution in [3.63, 3.8) is 0 Å². The molecule has 16 heavy (non-hydrogen) atoms. The minimum atomic E-state index is -3.71. The molecule has 1 amide bonds. The number of nitrogens with one attached hydrogen (secondary N) is 2. The molecule has 0 aromatic heterocycles. The highest BCUT2D eigenvalue weighted by atomic mass is 32.2. The van der Waals surface area contributed by atoms with Crippen molar-refractivity contribution in [2.45, 2.75) is 4.90 Å². The molecule has 0 aliphatic carbocycles. The van der Waals surface area contributed by atoms with Crippen molar-refractivity contribution in [2.24, 2.45) is 0 Å². The van der Waals surface area contributed by atoms with E-state index >= 15 is 0 Å². The smallest absolute Gasteiger partial charge is 0.269 e. The van der Waals surface area contributed by atoms with Crippen LogP contribution in [-0.4, -0.2) is 21.4 Å². The predicted octanol–water partition coefficient (Wildman–Crippen LogP) is 0.473. The van der Waals surface area contributed by atoms with Crippen molar-refractivity contribution in [1.82, 2.24) is 5.32 Å². The third-order valence-electron chi connectivity index (χ3n) is 2.21. The highest BCUT2D eigenvalue weighted by Crippen LogP contribution is 2.31. The summed E-state index contributed by atoms with van der Waals surface area (Å²) in [5, 5.41) is 5.08. The zero-order chi connectivity index (χ0) is 11.8. The first kappa shape index (κ1) is 10.7. The normalized spacial score (nSPS) is 20.1. The van der Waals surface area contributed by atoms with E-state index in [-0.39, 0.29) is 9.80 Å². The second kappa shape index (κ2) is 3.64. The summed E-state index contributed by atoms with van der Waals surface area (Å²) in [6, 6.07) is 6.31. The number of benzene rings is 1. The molecular weight excluding hydrogens is 228 g/mol. The van der Waals surface area contributed by atoms with Gasteiger partial charge in [-0.05, 0) is 12.1 Å². The zero-order valence-electron chi connectivity index (χ0n) is 8.52. The van der Waals surface area contributed by atoms with E-state index in [4.69, 9.17) is 0 Å². The van der Waals surface area contributed by atoms with Crippen LogP contribution in [0.1, 0.15) is 0 Å². The van der Waals surface area contributed by atoms with Crippen molar-refractivity contribution >= 4 is 21.4 Å². The maximum Gasteiger partial charge on any atom is 0.269 e. The van der Waals surface area contributed by atoms with E-state index in [9.17, 15) is 13.2 Å². The van der Waals surface area contributed by atoms with Crippen LogP contribution in [-0.2, 0) is 14.6 Å². The lowest BCUT2D eigenvalue weighted by Gasteiger charge is -2.18. The van der Waals surface area contributed by atoms with E-state index in [0.29, 0.717) is 5.69 Å². The number of hydrogen-bond acceptors (Lipinski definition) is 4. The number of carbonyl (C=O) groups is 1. The van der Waals surface area contributed by atoms with Crippen LogP contribution in [0, 0.1) is 0 Å². The molecule has 1 aromatic rings. The number of sulfone groups is 1. The largest absolute Gasteiger partial charge is 0.393 e. The molecule has 1 heterocycles. The van der Waals surface area contributed by atoms with Gasteiger partial charge in [0.1, 0.15) is 0 Å². The van der Waals surface area contributed by atoms with Crippen molar-refractivity contribution in [2.75, 3.05) is 12.4 Å². The lowest BCUT2D eigenvalue weighted by atomic mass is 10.3. The maximum atomic E-state index is 12.0. The average Bonchev–Trinajstić information content (AvgIpc) is 2.24. The average molecular weight is 238 g/mol. The van der Waals surface area contributed by atoms with Crippen LogP contribution in [0.5, 0.6) is 0 Å². The van der Waals surface area contributed by atoms with Crippen LogP contribution in [0.15, 0.2) is 40.3 Å². The third-order valence-corrected chi connectivity index (χ3v) is 4.03. The summed E-state index contributed by atoms with van der Waals surface area (Å²) in [5.74, 6) is -0.618.